The summed E-state index contributed by atoms with van der Waals surface area (Å²) in [5.74, 6) is -1.18. The van der Waals surface area contributed by atoms with E-state index in [9.17, 15) is 18.3 Å². The normalized spacial score (nSPS) is 11.3. The second-order valence-corrected chi connectivity index (χ2v) is 8.02. The number of hydrogen-bond acceptors (Lipinski definition) is 4. The molecule has 0 saturated carbocycles. The van der Waals surface area contributed by atoms with Gasteiger partial charge in [-0.15, -0.1) is 11.3 Å². The summed E-state index contributed by atoms with van der Waals surface area (Å²) < 4.78 is 27.5. The summed E-state index contributed by atoms with van der Waals surface area (Å²) >= 11 is 0.992. The number of nitrogens with one attached hydrogen (secondary N) is 1. The Hall–Kier alpha value is -2.12. The minimum atomic E-state index is -3.87. The molecule has 0 bridgehead atoms. The molecule has 1 aromatic heterocycles. The molecule has 1 aromatic carbocycles. The number of anilines is 1. The topological polar surface area (TPSA) is 83.5 Å². The van der Waals surface area contributed by atoms with E-state index in [1.165, 1.54) is 12.1 Å². The van der Waals surface area contributed by atoms with E-state index in [1.807, 2.05) is 6.92 Å². The lowest BCUT2D eigenvalue weighted by Gasteiger charge is -2.10. The Morgan fingerprint density at radius 3 is 2.43 bits per heavy atom. The van der Waals surface area contributed by atoms with Crippen LogP contribution >= 0.6 is 11.3 Å². The quantitative estimate of drug-likeness (QED) is 0.856. The third-order valence-corrected chi connectivity index (χ3v) is 6.02. The van der Waals surface area contributed by atoms with Crippen LogP contribution in [0.3, 0.4) is 0 Å². The predicted octanol–water partition coefficient (Wildman–Crippen LogP) is 3.90. The maximum atomic E-state index is 12.6. The van der Waals surface area contributed by atoms with Crippen molar-refractivity contribution in [3.8, 4) is 0 Å². The number of aromatic carboxylic acids is 1. The maximum Gasteiger partial charge on any atom is 0.348 e. The van der Waals surface area contributed by atoms with Crippen LogP contribution in [0.15, 0.2) is 35.7 Å². The first-order valence-corrected chi connectivity index (χ1v) is 9.05. The molecule has 0 fully saturated rings. The Kier molecular flexibility index (Phi) is 4.63. The summed E-state index contributed by atoms with van der Waals surface area (Å²) in [6, 6.07) is 6.48. The van der Waals surface area contributed by atoms with Gasteiger partial charge in [-0.2, -0.15) is 0 Å². The highest BCUT2D eigenvalue weighted by atomic mass is 32.2. The lowest BCUT2D eigenvalue weighted by atomic mass is 10.2. The monoisotopic (exact) mass is 351 g/mol. The smallest absolute Gasteiger partial charge is 0.348 e. The fourth-order valence-corrected chi connectivity index (χ4v) is 4.37. The minimum Gasteiger partial charge on any atom is -0.477 e. The van der Waals surface area contributed by atoms with Crippen molar-refractivity contribution in [3.05, 3.63) is 51.7 Å². The Morgan fingerprint density at radius 2 is 1.91 bits per heavy atom. The van der Waals surface area contributed by atoms with Crippen LogP contribution < -0.4 is 4.72 Å². The van der Waals surface area contributed by atoms with Gasteiger partial charge in [-0.1, -0.05) is 24.3 Å². The van der Waals surface area contributed by atoms with Crippen molar-refractivity contribution in [2.75, 3.05) is 4.72 Å². The third kappa shape index (κ3) is 3.62. The van der Waals surface area contributed by atoms with Gasteiger partial charge in [-0.3, -0.25) is 4.72 Å². The fourth-order valence-electron chi connectivity index (χ4n) is 2.14. The molecule has 0 amide bonds. The molecule has 2 N–H and O–H groups in total. The van der Waals surface area contributed by atoms with Crippen molar-refractivity contribution in [1.82, 2.24) is 0 Å². The predicted molar refractivity (Wildman–Crippen MR) is 92.7 cm³/mol. The molecule has 0 atom stereocenters. The number of benzene rings is 1. The van der Waals surface area contributed by atoms with Gasteiger partial charge in [-0.25, -0.2) is 13.2 Å². The summed E-state index contributed by atoms with van der Waals surface area (Å²) in [4.78, 5) is 12.0. The van der Waals surface area contributed by atoms with Crippen LogP contribution in [0.5, 0.6) is 0 Å². The maximum absolute atomic E-state index is 12.6. The van der Waals surface area contributed by atoms with E-state index in [0.29, 0.717) is 16.0 Å². The molecule has 2 rings (SSSR count). The van der Waals surface area contributed by atoms with Gasteiger partial charge in [-0.05, 0) is 44.0 Å². The Balaban J connectivity index is 2.48. The standard InChI is InChI=1S/C16H17NO4S2/c1-9(2)13-8-12(15(22-13)16(18)19)17-23(20,21)14-6-5-10(3)7-11(14)4/h5-8,17H,1H2,2-4H3,(H,18,19). The zero-order valence-electron chi connectivity index (χ0n) is 13.0. The number of carbonyl (C=O) groups is 1. The third-order valence-electron chi connectivity index (χ3n) is 3.21. The highest BCUT2D eigenvalue weighted by Gasteiger charge is 2.23. The van der Waals surface area contributed by atoms with Crippen molar-refractivity contribution in [3.63, 3.8) is 0 Å². The molecule has 0 radical (unpaired) electrons. The van der Waals surface area contributed by atoms with Gasteiger partial charge in [0.25, 0.3) is 10.0 Å². The number of allylic oxidation sites excluding steroid dienone is 1. The second-order valence-electron chi connectivity index (χ2n) is 5.31. The van der Waals surface area contributed by atoms with Crippen molar-refractivity contribution in [1.29, 1.82) is 0 Å². The zero-order valence-corrected chi connectivity index (χ0v) is 14.6. The second kappa shape index (κ2) is 6.17. The largest absolute Gasteiger partial charge is 0.477 e. The van der Waals surface area contributed by atoms with Crippen molar-refractivity contribution in [2.24, 2.45) is 0 Å². The van der Waals surface area contributed by atoms with Crippen molar-refractivity contribution in [2.45, 2.75) is 25.7 Å². The van der Waals surface area contributed by atoms with Gasteiger partial charge in [0.05, 0.1) is 10.6 Å². The Bertz CT molecular complexity index is 895. The molecule has 0 spiro atoms. The molecule has 0 aliphatic rings. The molecule has 122 valence electrons. The summed E-state index contributed by atoms with van der Waals surface area (Å²) in [5, 5.41) is 9.27. The number of sulfonamides is 1. The van der Waals surface area contributed by atoms with E-state index < -0.39 is 16.0 Å². The number of thiophene rings is 1. The van der Waals surface area contributed by atoms with Gasteiger partial charge in [0.15, 0.2) is 0 Å². The average Bonchev–Trinajstić information content (AvgIpc) is 2.81. The number of aryl methyl sites for hydroxylation is 2. The summed E-state index contributed by atoms with van der Waals surface area (Å²) in [7, 11) is -3.87. The van der Waals surface area contributed by atoms with Gasteiger partial charge >= 0.3 is 5.97 Å². The van der Waals surface area contributed by atoms with Gasteiger partial charge in [0, 0.05) is 4.88 Å². The first kappa shape index (κ1) is 17.2. The highest BCUT2D eigenvalue weighted by Crippen LogP contribution is 2.33. The highest BCUT2D eigenvalue weighted by molar-refractivity contribution is 7.92. The lowest BCUT2D eigenvalue weighted by Crippen LogP contribution is -2.15. The average molecular weight is 351 g/mol. The first-order valence-electron chi connectivity index (χ1n) is 6.75. The van der Waals surface area contributed by atoms with Gasteiger partial charge in [0.1, 0.15) is 4.88 Å². The molecule has 0 aliphatic carbocycles. The van der Waals surface area contributed by atoms with E-state index in [-0.39, 0.29) is 15.5 Å². The SMILES string of the molecule is C=C(C)c1cc(NS(=O)(=O)c2ccc(C)cc2C)c(C(=O)O)s1. The minimum absolute atomic E-state index is 0.0560. The number of carboxylic acid groups (broad SMARTS) is 1. The van der Waals surface area contributed by atoms with Crippen LogP contribution in [0.4, 0.5) is 5.69 Å². The first-order chi connectivity index (χ1) is 10.6. The van der Waals surface area contributed by atoms with Crippen LogP contribution in [0.2, 0.25) is 0 Å². The number of carboxylic acids is 1. The Morgan fingerprint density at radius 1 is 1.26 bits per heavy atom. The molecule has 0 unspecified atom stereocenters. The van der Waals surface area contributed by atoms with Crippen molar-refractivity contribution < 1.29 is 18.3 Å². The van der Waals surface area contributed by atoms with Gasteiger partial charge < -0.3 is 5.11 Å². The molecule has 7 heteroatoms. The van der Waals surface area contributed by atoms with Crippen LogP contribution in [0.25, 0.3) is 5.57 Å². The van der Waals surface area contributed by atoms with Crippen LogP contribution in [0.1, 0.15) is 32.6 Å². The fraction of sp³-hybridized carbons (Fsp3) is 0.188. The van der Waals surface area contributed by atoms with Crippen LogP contribution in [0, 0.1) is 13.8 Å². The van der Waals surface area contributed by atoms with E-state index in [1.54, 1.807) is 26.0 Å². The van der Waals surface area contributed by atoms with E-state index >= 15 is 0 Å². The summed E-state index contributed by atoms with van der Waals surface area (Å²) in [5.41, 5.74) is 2.28. The molecule has 0 aliphatic heterocycles. The zero-order chi connectivity index (χ0) is 17.4. The van der Waals surface area contributed by atoms with Gasteiger partial charge in [0.2, 0.25) is 0 Å². The van der Waals surface area contributed by atoms with E-state index in [2.05, 4.69) is 11.3 Å². The molecule has 23 heavy (non-hydrogen) atoms. The van der Waals surface area contributed by atoms with Crippen LogP contribution in [-0.4, -0.2) is 19.5 Å². The summed E-state index contributed by atoms with van der Waals surface area (Å²) in [6.07, 6.45) is 0. The Labute approximate surface area is 139 Å². The molecular formula is C16H17NO4S2. The molecule has 2 aromatic rings. The van der Waals surface area contributed by atoms with E-state index in [4.69, 9.17) is 0 Å². The molecular weight excluding hydrogens is 334 g/mol. The van der Waals surface area contributed by atoms with Crippen molar-refractivity contribution >= 4 is 38.6 Å². The summed E-state index contributed by atoms with van der Waals surface area (Å²) in [6.45, 7) is 9.07. The molecule has 1 heterocycles. The van der Waals surface area contributed by atoms with E-state index in [0.717, 1.165) is 16.9 Å². The molecule has 0 saturated heterocycles. The van der Waals surface area contributed by atoms with Crippen LogP contribution in [-0.2, 0) is 10.0 Å². The molecule has 5 nitrogen and oxygen atoms in total. The number of hydrogen-bond donors (Lipinski definition) is 2. The lowest BCUT2D eigenvalue weighted by molar-refractivity contribution is 0.0703. The number of rotatable bonds is 5.